The summed E-state index contributed by atoms with van der Waals surface area (Å²) < 4.78 is 2.08. The fourth-order valence-electron chi connectivity index (χ4n) is 4.42. The molecule has 1 saturated carbocycles. The highest BCUT2D eigenvalue weighted by Crippen LogP contribution is 2.32. The highest BCUT2D eigenvalue weighted by atomic mass is 16.3. The molecule has 5 nitrogen and oxygen atoms in total. The van der Waals surface area contributed by atoms with Crippen LogP contribution in [0.5, 0.6) is 0 Å². The van der Waals surface area contributed by atoms with Gasteiger partial charge in [0.2, 0.25) is 0 Å². The summed E-state index contributed by atoms with van der Waals surface area (Å²) in [5.41, 5.74) is 3.10. The molecule has 0 unspecified atom stereocenters. The Morgan fingerprint density at radius 2 is 1.79 bits per heavy atom. The molecule has 5 heteroatoms. The average Bonchev–Trinajstić information content (AvgIpc) is 3.09. The molecule has 1 aromatic carbocycles. The number of aromatic nitrogens is 2. The van der Waals surface area contributed by atoms with E-state index in [0.29, 0.717) is 11.5 Å². The first-order valence-electron chi connectivity index (χ1n) is 10.4. The van der Waals surface area contributed by atoms with Gasteiger partial charge in [0.25, 0.3) is 5.91 Å². The third kappa shape index (κ3) is 4.06. The zero-order chi connectivity index (χ0) is 20.6. The molecule has 152 valence electrons. The first-order valence-corrected chi connectivity index (χ1v) is 10.4. The van der Waals surface area contributed by atoms with Crippen molar-refractivity contribution in [2.45, 2.75) is 51.2 Å². The van der Waals surface area contributed by atoms with Crippen LogP contribution in [-0.2, 0) is 7.05 Å². The summed E-state index contributed by atoms with van der Waals surface area (Å²) in [5, 5.41) is 14.4. The molecule has 1 aliphatic rings. The summed E-state index contributed by atoms with van der Waals surface area (Å²) in [4.78, 5) is 17.2. The van der Waals surface area contributed by atoms with E-state index in [1.54, 1.807) is 0 Å². The first kappa shape index (κ1) is 19.6. The Kier molecular flexibility index (Phi) is 5.17. The lowest BCUT2D eigenvalue weighted by molar-refractivity contribution is -0.00257. The van der Waals surface area contributed by atoms with Crippen LogP contribution in [0.4, 0.5) is 0 Å². The lowest BCUT2D eigenvalue weighted by atomic mass is 9.77. The highest BCUT2D eigenvalue weighted by Gasteiger charge is 2.31. The molecule has 0 radical (unpaired) electrons. The van der Waals surface area contributed by atoms with Crippen LogP contribution in [0.15, 0.2) is 48.8 Å². The smallest absolute Gasteiger partial charge is 0.251 e. The van der Waals surface area contributed by atoms with E-state index < -0.39 is 5.60 Å². The van der Waals surface area contributed by atoms with Crippen molar-refractivity contribution < 1.29 is 9.90 Å². The fraction of sp³-hybridized carbons (Fsp3) is 0.417. The van der Waals surface area contributed by atoms with Gasteiger partial charge < -0.3 is 15.0 Å². The normalized spacial score (nSPS) is 20.0. The molecule has 4 rings (SSSR count). The topological polar surface area (TPSA) is 67.2 Å². The van der Waals surface area contributed by atoms with Gasteiger partial charge in [-0.15, -0.1) is 0 Å². The van der Waals surface area contributed by atoms with Gasteiger partial charge >= 0.3 is 0 Å². The maximum atomic E-state index is 12.7. The van der Waals surface area contributed by atoms with Crippen LogP contribution in [0.1, 0.15) is 49.9 Å². The Labute approximate surface area is 171 Å². The van der Waals surface area contributed by atoms with E-state index in [1.165, 1.54) is 0 Å². The van der Waals surface area contributed by atoms with Crippen LogP contribution in [0, 0.1) is 5.92 Å². The van der Waals surface area contributed by atoms with Crippen molar-refractivity contribution in [3.8, 4) is 11.3 Å². The molecular weight excluding hydrogens is 362 g/mol. The van der Waals surface area contributed by atoms with Gasteiger partial charge in [0.05, 0.1) is 16.8 Å². The predicted molar refractivity (Wildman–Crippen MR) is 116 cm³/mol. The van der Waals surface area contributed by atoms with Crippen LogP contribution < -0.4 is 5.32 Å². The van der Waals surface area contributed by atoms with E-state index in [-0.39, 0.29) is 11.9 Å². The number of fused-ring (bicyclic) bond motifs is 1. The van der Waals surface area contributed by atoms with Crippen LogP contribution in [0.3, 0.4) is 0 Å². The number of hydrogen-bond acceptors (Lipinski definition) is 3. The number of nitrogens with one attached hydrogen (secondary N) is 1. The number of nitrogens with zero attached hydrogens (tertiary/aromatic N) is 2. The molecule has 2 aromatic heterocycles. The van der Waals surface area contributed by atoms with Gasteiger partial charge in [0.15, 0.2) is 0 Å². The van der Waals surface area contributed by atoms with Crippen molar-refractivity contribution in [1.29, 1.82) is 0 Å². The molecule has 0 spiro atoms. The van der Waals surface area contributed by atoms with Gasteiger partial charge in [-0.05, 0) is 69.7 Å². The molecule has 1 aliphatic carbocycles. The lowest BCUT2D eigenvalue weighted by Crippen LogP contribution is -2.41. The van der Waals surface area contributed by atoms with Gasteiger partial charge in [0, 0.05) is 42.0 Å². The van der Waals surface area contributed by atoms with Crippen molar-refractivity contribution in [2.75, 3.05) is 0 Å². The molecule has 0 saturated heterocycles. The second-order valence-corrected chi connectivity index (χ2v) is 8.77. The SMILES string of the molecule is Cn1ccc2c(-c3ccc(C(=O)NC4CCC(C(C)(C)O)CC4)cc3)nccc21. The summed E-state index contributed by atoms with van der Waals surface area (Å²) >= 11 is 0. The molecule has 1 amide bonds. The fourth-order valence-corrected chi connectivity index (χ4v) is 4.42. The Morgan fingerprint density at radius 3 is 2.45 bits per heavy atom. The van der Waals surface area contributed by atoms with E-state index >= 15 is 0 Å². The number of benzene rings is 1. The molecule has 1 fully saturated rings. The first-order chi connectivity index (χ1) is 13.8. The van der Waals surface area contributed by atoms with Crippen LogP contribution in [0.2, 0.25) is 0 Å². The molecule has 29 heavy (non-hydrogen) atoms. The van der Waals surface area contributed by atoms with E-state index in [4.69, 9.17) is 0 Å². The zero-order valence-corrected chi connectivity index (χ0v) is 17.4. The molecule has 3 aromatic rings. The number of amides is 1. The summed E-state index contributed by atoms with van der Waals surface area (Å²) in [6.45, 7) is 3.76. The van der Waals surface area contributed by atoms with Gasteiger partial charge in [-0.25, -0.2) is 0 Å². The number of pyridine rings is 1. The number of hydrogen-bond donors (Lipinski definition) is 2. The predicted octanol–water partition coefficient (Wildman–Crippen LogP) is 4.30. The Hall–Kier alpha value is -2.66. The average molecular weight is 392 g/mol. The van der Waals surface area contributed by atoms with Crippen LogP contribution >= 0.6 is 0 Å². The third-order valence-corrected chi connectivity index (χ3v) is 6.29. The van der Waals surface area contributed by atoms with E-state index in [0.717, 1.165) is 47.8 Å². The Balaban J connectivity index is 1.43. The second kappa shape index (κ2) is 7.64. The number of aliphatic hydroxyl groups is 1. The summed E-state index contributed by atoms with van der Waals surface area (Å²) in [5.74, 6) is 0.275. The molecule has 0 bridgehead atoms. The minimum atomic E-state index is -0.638. The standard InChI is InChI=1S/C24H29N3O2/c1-24(2,29)18-8-10-19(11-9-18)26-23(28)17-6-4-16(5-7-17)22-20-13-15-27(3)21(20)12-14-25-22/h4-7,12-15,18-19,29H,8-11H2,1-3H3,(H,26,28). The number of aryl methyl sites for hydroxylation is 1. The molecular formula is C24H29N3O2. The minimum absolute atomic E-state index is 0.0332. The van der Waals surface area contributed by atoms with E-state index in [9.17, 15) is 9.90 Å². The summed E-state index contributed by atoms with van der Waals surface area (Å²) in [7, 11) is 2.02. The maximum absolute atomic E-state index is 12.7. The second-order valence-electron chi connectivity index (χ2n) is 8.77. The number of carbonyl (C=O) groups is 1. The molecule has 2 N–H and O–H groups in total. The monoisotopic (exact) mass is 391 g/mol. The molecule has 0 atom stereocenters. The Bertz CT molecular complexity index is 1010. The largest absolute Gasteiger partial charge is 0.390 e. The molecule has 2 heterocycles. The van der Waals surface area contributed by atoms with E-state index in [2.05, 4.69) is 20.9 Å². The Morgan fingerprint density at radius 1 is 1.10 bits per heavy atom. The van der Waals surface area contributed by atoms with Crippen molar-refractivity contribution in [3.05, 3.63) is 54.4 Å². The quantitative estimate of drug-likeness (QED) is 0.697. The van der Waals surface area contributed by atoms with Crippen molar-refractivity contribution in [3.63, 3.8) is 0 Å². The number of rotatable bonds is 4. The van der Waals surface area contributed by atoms with Gasteiger partial charge in [-0.1, -0.05) is 12.1 Å². The van der Waals surface area contributed by atoms with Gasteiger partial charge in [0.1, 0.15) is 0 Å². The minimum Gasteiger partial charge on any atom is -0.390 e. The van der Waals surface area contributed by atoms with Crippen molar-refractivity contribution >= 4 is 16.8 Å². The van der Waals surface area contributed by atoms with Crippen molar-refractivity contribution in [2.24, 2.45) is 13.0 Å². The highest BCUT2D eigenvalue weighted by molar-refractivity contribution is 5.96. The van der Waals surface area contributed by atoms with E-state index in [1.807, 2.05) is 63.6 Å². The number of carbonyl (C=O) groups excluding carboxylic acids is 1. The zero-order valence-electron chi connectivity index (χ0n) is 17.4. The lowest BCUT2D eigenvalue weighted by Gasteiger charge is -2.36. The third-order valence-electron chi connectivity index (χ3n) is 6.29. The van der Waals surface area contributed by atoms with Gasteiger partial charge in [-0.3, -0.25) is 9.78 Å². The summed E-state index contributed by atoms with van der Waals surface area (Å²) in [6, 6.07) is 11.9. The maximum Gasteiger partial charge on any atom is 0.251 e. The van der Waals surface area contributed by atoms with Gasteiger partial charge in [-0.2, -0.15) is 0 Å². The summed E-state index contributed by atoms with van der Waals surface area (Å²) in [6.07, 6.45) is 7.57. The van der Waals surface area contributed by atoms with Crippen LogP contribution in [-0.4, -0.2) is 32.2 Å². The van der Waals surface area contributed by atoms with Crippen LogP contribution in [0.25, 0.3) is 22.2 Å². The molecule has 0 aliphatic heterocycles. The van der Waals surface area contributed by atoms with Crippen molar-refractivity contribution in [1.82, 2.24) is 14.9 Å².